The fourth-order valence-electron chi connectivity index (χ4n) is 8.53. The minimum absolute atomic E-state index is 0.00385. The molecule has 4 heterocycles. The number of hydrogen-bond donors (Lipinski definition) is 5. The number of hydrogen-bond acceptors (Lipinski definition) is 7. The van der Waals surface area contributed by atoms with Crippen LogP contribution in [0.15, 0.2) is 36.4 Å². The molecule has 2 aromatic carbocycles. The molecule has 60 heavy (non-hydrogen) atoms. The van der Waals surface area contributed by atoms with Crippen molar-refractivity contribution in [2.75, 3.05) is 27.2 Å². The lowest BCUT2D eigenvalue weighted by Gasteiger charge is -2.30. The molecule has 4 aromatic rings. The van der Waals surface area contributed by atoms with Crippen LogP contribution in [-0.4, -0.2) is 124 Å². The van der Waals surface area contributed by atoms with Gasteiger partial charge in [0.05, 0.1) is 47.9 Å². The van der Waals surface area contributed by atoms with E-state index >= 15 is 8.78 Å². The number of fused-ring (bicyclic) bond motifs is 2. The van der Waals surface area contributed by atoms with Crippen LogP contribution < -0.4 is 21.3 Å². The Morgan fingerprint density at radius 1 is 0.800 bits per heavy atom. The second kappa shape index (κ2) is 19.1. The molecule has 2 aromatic heterocycles. The molecule has 6 rings (SSSR count). The molecule has 8 atom stereocenters. The Hall–Kier alpha value is -5.03. The molecule has 0 bridgehead atoms. The van der Waals surface area contributed by atoms with Crippen LogP contribution >= 0.6 is 0 Å². The maximum atomic E-state index is 15.4. The van der Waals surface area contributed by atoms with E-state index in [0.29, 0.717) is 59.2 Å². The molecule has 0 unspecified atom stereocenters. The molecule has 2 aliphatic heterocycles. The minimum atomic E-state index is -1.35. The number of amides is 4. The van der Waals surface area contributed by atoms with E-state index in [4.69, 9.17) is 4.98 Å². The molecule has 0 spiro atoms. The first-order valence-corrected chi connectivity index (χ1v) is 21.0. The Balaban J connectivity index is 1.40. The van der Waals surface area contributed by atoms with Crippen LogP contribution in [0.5, 0.6) is 0 Å². The summed E-state index contributed by atoms with van der Waals surface area (Å²) < 4.78 is 62.3. The number of nitrogens with one attached hydrogen (secondary N) is 5. The Labute approximate surface area is 347 Å². The summed E-state index contributed by atoms with van der Waals surface area (Å²) in [5, 5.41) is 12.0. The van der Waals surface area contributed by atoms with Crippen molar-refractivity contribution in [2.24, 2.45) is 0 Å². The predicted molar refractivity (Wildman–Crippen MR) is 221 cm³/mol. The van der Waals surface area contributed by atoms with Crippen molar-refractivity contribution in [3.8, 4) is 11.5 Å². The lowest BCUT2D eigenvalue weighted by atomic mass is 9.99. The first kappa shape index (κ1) is 44.5. The van der Waals surface area contributed by atoms with Crippen LogP contribution in [0.25, 0.3) is 33.5 Å². The maximum absolute atomic E-state index is 15.4. The second-order valence-corrected chi connectivity index (χ2v) is 16.2. The zero-order valence-electron chi connectivity index (χ0n) is 35.1. The summed E-state index contributed by atoms with van der Waals surface area (Å²) in [5.74, 6) is -2.30. The second-order valence-electron chi connectivity index (χ2n) is 16.2. The highest BCUT2D eigenvalue weighted by molar-refractivity contribution is 5.93. The van der Waals surface area contributed by atoms with Gasteiger partial charge in [-0.15, -0.1) is 0 Å². The molecule has 0 radical (unpaired) electrons. The molecule has 13 nitrogen and oxygen atoms in total. The van der Waals surface area contributed by atoms with Crippen molar-refractivity contribution in [2.45, 2.75) is 128 Å². The molecule has 4 amide bonds. The molecule has 2 fully saturated rings. The summed E-state index contributed by atoms with van der Waals surface area (Å²) in [7, 11) is 3.27. The van der Waals surface area contributed by atoms with Gasteiger partial charge < -0.3 is 40.6 Å². The number of carbonyl (C=O) groups excluding carboxylic acids is 4. The standard InChI is InChI=1S/C43H57F4N9O4/c1-7-9-33(52-40(57)23(3)48-5)42(59)54-20-27(46)15-29(54)19-32-31-13-11-25(44)17-35(31)50-38(32)39-51-36-18-26(45)12-14-37(36)56(39)22-30-16-28(47)21-55(30)43(60)34(10-8-2)53-41(58)24(4)49-6/h11-14,17-18,23-24,27-30,33-34,48-50H,7-10,15-16,19-22H2,1-6H3,(H,52,57)(H,53,58)/t23-,24-,27-,28-,29-,30-,33-,34-/m0/s1. The monoisotopic (exact) mass is 839 g/mol. The van der Waals surface area contributed by atoms with E-state index in [1.54, 1.807) is 44.6 Å². The average Bonchev–Trinajstić information content (AvgIpc) is 3.98. The highest BCUT2D eigenvalue weighted by atomic mass is 19.1. The van der Waals surface area contributed by atoms with Gasteiger partial charge in [-0.2, -0.15) is 0 Å². The Kier molecular flexibility index (Phi) is 14.2. The number of halogens is 4. The zero-order valence-corrected chi connectivity index (χ0v) is 35.1. The van der Waals surface area contributed by atoms with Gasteiger partial charge in [-0.3, -0.25) is 19.2 Å². The Morgan fingerprint density at radius 2 is 1.33 bits per heavy atom. The van der Waals surface area contributed by atoms with Crippen LogP contribution in [0.1, 0.15) is 71.8 Å². The van der Waals surface area contributed by atoms with Crippen molar-refractivity contribution < 1.29 is 36.7 Å². The average molecular weight is 840 g/mol. The third-order valence-corrected chi connectivity index (χ3v) is 12.0. The quantitative estimate of drug-likeness (QED) is 0.0969. The number of alkyl halides is 2. The van der Waals surface area contributed by atoms with E-state index in [-0.39, 0.29) is 56.2 Å². The summed E-state index contributed by atoms with van der Waals surface area (Å²) in [6.45, 7) is 6.82. The molecule has 5 N–H and O–H groups in total. The summed E-state index contributed by atoms with van der Waals surface area (Å²) >= 11 is 0. The van der Waals surface area contributed by atoms with Gasteiger partial charge in [-0.05, 0) is 83.1 Å². The van der Waals surface area contributed by atoms with E-state index in [2.05, 4.69) is 26.3 Å². The maximum Gasteiger partial charge on any atom is 0.245 e. The zero-order chi connectivity index (χ0) is 43.4. The van der Waals surface area contributed by atoms with Crippen LogP contribution in [0.3, 0.4) is 0 Å². The van der Waals surface area contributed by atoms with Gasteiger partial charge in [-0.25, -0.2) is 22.5 Å². The highest BCUT2D eigenvalue weighted by Crippen LogP contribution is 2.37. The third kappa shape index (κ3) is 9.46. The SMILES string of the molecule is CCC[C@H](NC(=O)[C@H](C)NC)C(=O)N1C[C@@H](F)C[C@H]1Cc1c(-c2nc3cc(F)ccc3n2C[C@@H]2C[C@H](F)CN2C(=O)[C@H](CCC)NC(=O)[C@H](C)NC)[nH]c2cc(F)ccc12. The van der Waals surface area contributed by atoms with Crippen LogP contribution in [-0.2, 0) is 32.1 Å². The highest BCUT2D eigenvalue weighted by Gasteiger charge is 2.41. The number of H-pyrrole nitrogens is 1. The molecule has 2 saturated heterocycles. The van der Waals surface area contributed by atoms with Crippen molar-refractivity contribution in [1.29, 1.82) is 0 Å². The molecular weight excluding hydrogens is 783 g/mol. The van der Waals surface area contributed by atoms with Gasteiger partial charge in [0.25, 0.3) is 0 Å². The van der Waals surface area contributed by atoms with Gasteiger partial charge in [0.2, 0.25) is 23.6 Å². The van der Waals surface area contributed by atoms with E-state index < -0.39 is 72.0 Å². The lowest BCUT2D eigenvalue weighted by molar-refractivity contribution is -0.138. The van der Waals surface area contributed by atoms with Crippen LogP contribution in [0.4, 0.5) is 17.6 Å². The first-order chi connectivity index (χ1) is 28.7. The van der Waals surface area contributed by atoms with Gasteiger partial charge in [0, 0.05) is 42.4 Å². The Bertz CT molecular complexity index is 2040. The van der Waals surface area contributed by atoms with Crippen LogP contribution in [0, 0.1) is 11.6 Å². The molecular formula is C43H57F4N9O4. The van der Waals surface area contributed by atoms with Crippen molar-refractivity contribution in [3.05, 3.63) is 53.6 Å². The van der Waals surface area contributed by atoms with Gasteiger partial charge in [-0.1, -0.05) is 26.7 Å². The summed E-state index contributed by atoms with van der Waals surface area (Å²) in [5.41, 5.74) is 2.19. The number of likely N-dealkylation sites (N-methyl/N-ethyl adjacent to an activating group) is 2. The summed E-state index contributed by atoms with van der Waals surface area (Å²) in [6.07, 6.45) is -0.689. The molecule has 0 saturated carbocycles. The Morgan fingerprint density at radius 3 is 1.90 bits per heavy atom. The van der Waals surface area contributed by atoms with E-state index in [1.165, 1.54) is 34.1 Å². The van der Waals surface area contributed by atoms with Gasteiger partial charge in [0.15, 0.2) is 5.82 Å². The number of aromatic amines is 1. The van der Waals surface area contributed by atoms with E-state index in [0.717, 1.165) is 0 Å². The van der Waals surface area contributed by atoms with Crippen molar-refractivity contribution in [3.63, 3.8) is 0 Å². The summed E-state index contributed by atoms with van der Waals surface area (Å²) in [6, 6.07) is 4.10. The van der Waals surface area contributed by atoms with Gasteiger partial charge in [0.1, 0.15) is 36.1 Å². The number of nitrogens with zero attached hydrogens (tertiary/aromatic N) is 4. The van der Waals surface area contributed by atoms with E-state index in [1.807, 2.05) is 13.8 Å². The topological polar surface area (TPSA) is 156 Å². The predicted octanol–water partition coefficient (Wildman–Crippen LogP) is 4.67. The number of imidazole rings is 1. The number of rotatable bonds is 17. The molecule has 2 aliphatic rings. The van der Waals surface area contributed by atoms with E-state index in [9.17, 15) is 28.0 Å². The third-order valence-electron chi connectivity index (χ3n) is 12.0. The van der Waals surface area contributed by atoms with Crippen molar-refractivity contribution >= 4 is 45.6 Å². The number of aromatic nitrogens is 3. The molecule has 0 aliphatic carbocycles. The number of likely N-dealkylation sites (tertiary alicyclic amines) is 2. The summed E-state index contributed by atoms with van der Waals surface area (Å²) in [4.78, 5) is 65.2. The normalized spacial score (nSPS) is 21.4. The fourth-order valence-corrected chi connectivity index (χ4v) is 8.53. The fraction of sp³-hybridized carbons (Fsp3) is 0.558. The number of benzene rings is 2. The number of carbonyl (C=O) groups is 4. The smallest absolute Gasteiger partial charge is 0.245 e. The molecule has 326 valence electrons. The minimum Gasteiger partial charge on any atom is -0.352 e. The first-order valence-electron chi connectivity index (χ1n) is 21.0. The largest absolute Gasteiger partial charge is 0.352 e. The van der Waals surface area contributed by atoms with Gasteiger partial charge >= 0.3 is 0 Å². The molecule has 17 heteroatoms. The lowest BCUT2D eigenvalue weighted by Crippen LogP contribution is -2.53. The van der Waals surface area contributed by atoms with Crippen LogP contribution in [0.2, 0.25) is 0 Å². The van der Waals surface area contributed by atoms with Crippen molar-refractivity contribution in [1.82, 2.24) is 45.6 Å².